The van der Waals surface area contributed by atoms with Gasteiger partial charge in [0.25, 0.3) is 10.0 Å². The molecule has 0 radical (unpaired) electrons. The van der Waals surface area contributed by atoms with Crippen molar-refractivity contribution in [3.63, 3.8) is 0 Å². The van der Waals surface area contributed by atoms with Crippen molar-refractivity contribution in [1.82, 2.24) is 9.29 Å². The van der Waals surface area contributed by atoms with Crippen molar-refractivity contribution in [1.29, 1.82) is 0 Å². The van der Waals surface area contributed by atoms with Crippen molar-refractivity contribution < 1.29 is 13.2 Å². The molecule has 0 unspecified atom stereocenters. The third-order valence-corrected chi connectivity index (χ3v) is 7.67. The fourth-order valence-electron chi connectivity index (χ4n) is 3.14. The van der Waals surface area contributed by atoms with Crippen LogP contribution in [-0.2, 0) is 10.0 Å². The maximum absolute atomic E-state index is 13.1. The molecule has 0 aliphatic carbocycles. The average Bonchev–Trinajstić information content (AvgIpc) is 3.14. The predicted octanol–water partition coefficient (Wildman–Crippen LogP) is 3.29. The van der Waals surface area contributed by atoms with E-state index in [2.05, 4.69) is 4.98 Å². The standard InChI is InChI=1S/C16H20N2O3S2/c1-11-16(22-12(2)17-11)23(19,20)18-10-6-8-14(18)13-7-4-5-9-15(13)21-3/h4-5,7,9,14H,6,8,10H2,1-3H3/t14-/m1/s1. The molecule has 1 aliphatic heterocycles. The van der Waals surface area contributed by atoms with Crippen molar-refractivity contribution in [2.24, 2.45) is 0 Å². The van der Waals surface area contributed by atoms with Gasteiger partial charge in [-0.2, -0.15) is 4.31 Å². The summed E-state index contributed by atoms with van der Waals surface area (Å²) in [6, 6.07) is 7.46. The summed E-state index contributed by atoms with van der Waals surface area (Å²) in [5, 5.41) is 0.772. The van der Waals surface area contributed by atoms with E-state index in [9.17, 15) is 8.42 Å². The Labute approximate surface area is 141 Å². The normalized spacial score (nSPS) is 19.2. The van der Waals surface area contributed by atoms with Gasteiger partial charge in [0.05, 0.1) is 23.9 Å². The van der Waals surface area contributed by atoms with Crippen LogP contribution >= 0.6 is 11.3 Å². The van der Waals surface area contributed by atoms with Crippen LogP contribution in [0.2, 0.25) is 0 Å². The number of rotatable bonds is 4. The second-order valence-electron chi connectivity index (χ2n) is 5.62. The van der Waals surface area contributed by atoms with E-state index >= 15 is 0 Å². The van der Waals surface area contributed by atoms with Crippen LogP contribution in [0.15, 0.2) is 28.5 Å². The number of methoxy groups -OCH3 is 1. The zero-order chi connectivity index (χ0) is 16.6. The second kappa shape index (κ2) is 6.22. The van der Waals surface area contributed by atoms with E-state index in [1.807, 2.05) is 31.2 Å². The van der Waals surface area contributed by atoms with Crippen LogP contribution in [0.4, 0.5) is 0 Å². The Kier molecular flexibility index (Phi) is 4.44. The summed E-state index contributed by atoms with van der Waals surface area (Å²) < 4.78 is 33.6. The second-order valence-corrected chi connectivity index (χ2v) is 8.91. The first-order valence-electron chi connectivity index (χ1n) is 7.54. The molecular formula is C16H20N2O3S2. The minimum atomic E-state index is -3.54. The molecule has 1 atom stereocenters. The number of hydrogen-bond donors (Lipinski definition) is 0. The molecular weight excluding hydrogens is 332 g/mol. The summed E-state index contributed by atoms with van der Waals surface area (Å²) in [7, 11) is -1.92. The van der Waals surface area contributed by atoms with Gasteiger partial charge in [0.1, 0.15) is 5.75 Å². The summed E-state index contributed by atoms with van der Waals surface area (Å²) in [5.41, 5.74) is 1.51. The third-order valence-electron chi connectivity index (χ3n) is 4.11. The fourth-order valence-corrected chi connectivity index (χ4v) is 6.41. The summed E-state index contributed by atoms with van der Waals surface area (Å²) in [4.78, 5) is 4.27. The van der Waals surface area contributed by atoms with Crippen LogP contribution in [0, 0.1) is 13.8 Å². The topological polar surface area (TPSA) is 59.5 Å². The molecule has 124 valence electrons. The molecule has 7 heteroatoms. The molecule has 1 aromatic carbocycles. The Balaban J connectivity index is 2.03. The van der Waals surface area contributed by atoms with E-state index < -0.39 is 10.0 Å². The maximum atomic E-state index is 13.1. The Morgan fingerprint density at radius 2 is 2.04 bits per heavy atom. The van der Waals surface area contributed by atoms with E-state index in [1.54, 1.807) is 18.3 Å². The molecule has 1 fully saturated rings. The molecule has 0 N–H and O–H groups in total. The number of para-hydroxylation sites is 1. The number of hydrogen-bond acceptors (Lipinski definition) is 5. The molecule has 1 saturated heterocycles. The number of aromatic nitrogens is 1. The minimum Gasteiger partial charge on any atom is -0.496 e. The van der Waals surface area contributed by atoms with Gasteiger partial charge in [-0.3, -0.25) is 0 Å². The highest BCUT2D eigenvalue weighted by molar-refractivity contribution is 7.91. The van der Waals surface area contributed by atoms with Crippen LogP contribution in [0.1, 0.15) is 35.1 Å². The highest BCUT2D eigenvalue weighted by Crippen LogP contribution is 2.41. The lowest BCUT2D eigenvalue weighted by Gasteiger charge is -2.25. The fraction of sp³-hybridized carbons (Fsp3) is 0.438. The zero-order valence-corrected chi connectivity index (χ0v) is 15.1. The minimum absolute atomic E-state index is 0.182. The van der Waals surface area contributed by atoms with Gasteiger partial charge in [-0.15, -0.1) is 11.3 Å². The first-order chi connectivity index (χ1) is 10.9. The number of thiazole rings is 1. The van der Waals surface area contributed by atoms with E-state index in [0.29, 0.717) is 16.4 Å². The Hall–Kier alpha value is -1.44. The first kappa shape index (κ1) is 16.4. The largest absolute Gasteiger partial charge is 0.496 e. The smallest absolute Gasteiger partial charge is 0.255 e. The molecule has 1 aliphatic rings. The number of benzene rings is 1. The van der Waals surface area contributed by atoms with Crippen LogP contribution in [0.25, 0.3) is 0 Å². The van der Waals surface area contributed by atoms with Gasteiger partial charge in [0, 0.05) is 12.1 Å². The molecule has 3 rings (SSSR count). The van der Waals surface area contributed by atoms with Gasteiger partial charge >= 0.3 is 0 Å². The Morgan fingerprint density at radius 3 is 2.70 bits per heavy atom. The highest BCUT2D eigenvalue weighted by Gasteiger charge is 2.39. The van der Waals surface area contributed by atoms with Crippen molar-refractivity contribution in [2.75, 3.05) is 13.7 Å². The Bertz CT molecular complexity index is 814. The molecule has 0 saturated carbocycles. The third kappa shape index (κ3) is 2.88. The molecule has 0 amide bonds. The average molecular weight is 352 g/mol. The Morgan fingerprint density at radius 1 is 1.30 bits per heavy atom. The molecule has 0 bridgehead atoms. The monoisotopic (exact) mass is 352 g/mol. The van der Waals surface area contributed by atoms with E-state index in [1.165, 1.54) is 11.3 Å². The molecule has 2 aromatic rings. The highest BCUT2D eigenvalue weighted by atomic mass is 32.2. The van der Waals surface area contributed by atoms with E-state index in [-0.39, 0.29) is 6.04 Å². The van der Waals surface area contributed by atoms with E-state index in [4.69, 9.17) is 4.74 Å². The molecule has 5 nitrogen and oxygen atoms in total. The zero-order valence-electron chi connectivity index (χ0n) is 13.4. The summed E-state index contributed by atoms with van der Waals surface area (Å²) in [6.07, 6.45) is 1.65. The van der Waals surface area contributed by atoms with E-state index in [0.717, 1.165) is 29.2 Å². The summed E-state index contributed by atoms with van der Waals surface area (Å²) in [6.45, 7) is 4.12. The lowest BCUT2D eigenvalue weighted by molar-refractivity contribution is 0.367. The molecule has 0 spiro atoms. The van der Waals surface area contributed by atoms with Crippen molar-refractivity contribution in [2.45, 2.75) is 36.9 Å². The molecule has 1 aromatic heterocycles. The first-order valence-corrected chi connectivity index (χ1v) is 9.79. The predicted molar refractivity (Wildman–Crippen MR) is 90.4 cm³/mol. The quantitative estimate of drug-likeness (QED) is 0.847. The van der Waals surface area contributed by atoms with Crippen molar-refractivity contribution >= 4 is 21.4 Å². The van der Waals surface area contributed by atoms with Gasteiger partial charge in [-0.05, 0) is 32.8 Å². The van der Waals surface area contributed by atoms with Crippen LogP contribution in [0.5, 0.6) is 5.75 Å². The summed E-state index contributed by atoms with van der Waals surface area (Å²) >= 11 is 1.24. The van der Waals surface area contributed by atoms with Gasteiger partial charge < -0.3 is 4.74 Å². The van der Waals surface area contributed by atoms with Crippen LogP contribution in [-0.4, -0.2) is 31.4 Å². The van der Waals surface area contributed by atoms with Crippen LogP contribution < -0.4 is 4.74 Å². The number of nitrogens with zero attached hydrogens (tertiary/aromatic N) is 2. The van der Waals surface area contributed by atoms with Crippen molar-refractivity contribution in [3.8, 4) is 5.75 Å². The van der Waals surface area contributed by atoms with Crippen LogP contribution in [0.3, 0.4) is 0 Å². The number of aryl methyl sites for hydroxylation is 2. The van der Waals surface area contributed by atoms with Gasteiger partial charge in [-0.1, -0.05) is 18.2 Å². The molecule has 2 heterocycles. The summed E-state index contributed by atoms with van der Waals surface area (Å²) in [5.74, 6) is 0.733. The lowest BCUT2D eigenvalue weighted by atomic mass is 10.0. The maximum Gasteiger partial charge on any atom is 0.255 e. The number of ether oxygens (including phenoxy) is 1. The lowest BCUT2D eigenvalue weighted by Crippen LogP contribution is -2.30. The SMILES string of the molecule is COc1ccccc1[C@H]1CCCN1S(=O)(=O)c1sc(C)nc1C. The van der Waals surface area contributed by atoms with Gasteiger partial charge in [-0.25, -0.2) is 13.4 Å². The van der Waals surface area contributed by atoms with Crippen molar-refractivity contribution in [3.05, 3.63) is 40.5 Å². The molecule has 23 heavy (non-hydrogen) atoms. The van der Waals surface area contributed by atoms with Gasteiger partial charge in [0.2, 0.25) is 0 Å². The number of sulfonamides is 1. The van der Waals surface area contributed by atoms with Gasteiger partial charge in [0.15, 0.2) is 4.21 Å².